The van der Waals surface area contributed by atoms with Crippen LogP contribution < -0.4 is 5.32 Å². The predicted molar refractivity (Wildman–Crippen MR) is 81.2 cm³/mol. The van der Waals surface area contributed by atoms with Crippen molar-refractivity contribution in [3.8, 4) is 0 Å². The highest BCUT2D eigenvalue weighted by Crippen LogP contribution is 2.31. The SMILES string of the molecule is CCc1ccc(C(Cc2sccc2Br)NC)s1. The van der Waals surface area contributed by atoms with Crippen LogP contribution in [-0.4, -0.2) is 7.05 Å². The van der Waals surface area contributed by atoms with Crippen LogP contribution in [0, 0.1) is 0 Å². The first kappa shape index (κ1) is 13.3. The van der Waals surface area contributed by atoms with Crippen molar-refractivity contribution in [2.75, 3.05) is 7.05 Å². The van der Waals surface area contributed by atoms with E-state index >= 15 is 0 Å². The van der Waals surface area contributed by atoms with Gasteiger partial charge in [0.25, 0.3) is 0 Å². The number of rotatable bonds is 5. The third-order valence-electron chi connectivity index (χ3n) is 2.80. The third kappa shape index (κ3) is 3.19. The van der Waals surface area contributed by atoms with E-state index in [2.05, 4.69) is 51.7 Å². The summed E-state index contributed by atoms with van der Waals surface area (Å²) in [6, 6.07) is 7.05. The van der Waals surface area contributed by atoms with Crippen LogP contribution in [0.4, 0.5) is 0 Å². The van der Waals surface area contributed by atoms with Gasteiger partial charge in [0.05, 0.1) is 0 Å². The second-order valence-electron chi connectivity index (χ2n) is 3.89. The Morgan fingerprint density at radius 1 is 1.35 bits per heavy atom. The lowest BCUT2D eigenvalue weighted by Gasteiger charge is -2.13. The number of likely N-dealkylation sites (N-methyl/N-ethyl adjacent to an activating group) is 1. The zero-order chi connectivity index (χ0) is 12.3. The standard InChI is InChI=1S/C13H16BrNS2/c1-3-9-4-5-12(17-9)11(15-2)8-13-10(14)6-7-16-13/h4-7,11,15H,3,8H2,1-2H3. The molecule has 17 heavy (non-hydrogen) atoms. The van der Waals surface area contributed by atoms with E-state index in [1.807, 2.05) is 29.7 Å². The fourth-order valence-electron chi connectivity index (χ4n) is 1.77. The molecule has 2 rings (SSSR count). The lowest BCUT2D eigenvalue weighted by molar-refractivity contribution is 0.606. The second-order valence-corrected chi connectivity index (χ2v) is 6.95. The van der Waals surface area contributed by atoms with Crippen LogP contribution in [0.15, 0.2) is 28.1 Å². The van der Waals surface area contributed by atoms with Crippen molar-refractivity contribution in [1.82, 2.24) is 5.32 Å². The molecule has 2 aromatic heterocycles. The van der Waals surface area contributed by atoms with Crippen molar-refractivity contribution < 1.29 is 0 Å². The monoisotopic (exact) mass is 329 g/mol. The van der Waals surface area contributed by atoms with Gasteiger partial charge in [-0.25, -0.2) is 0 Å². The van der Waals surface area contributed by atoms with Crippen molar-refractivity contribution in [1.29, 1.82) is 0 Å². The molecule has 4 heteroatoms. The average Bonchev–Trinajstić information content (AvgIpc) is 2.95. The molecule has 2 heterocycles. The molecule has 0 saturated carbocycles. The highest BCUT2D eigenvalue weighted by Gasteiger charge is 2.14. The Kier molecular flexibility index (Phi) is 4.79. The number of hydrogen-bond acceptors (Lipinski definition) is 3. The summed E-state index contributed by atoms with van der Waals surface area (Å²) in [4.78, 5) is 4.31. The average molecular weight is 330 g/mol. The van der Waals surface area contributed by atoms with Crippen molar-refractivity contribution >= 4 is 38.6 Å². The molecule has 1 atom stereocenters. The second kappa shape index (κ2) is 6.14. The molecule has 0 aliphatic rings. The summed E-state index contributed by atoms with van der Waals surface area (Å²) in [6.07, 6.45) is 2.18. The van der Waals surface area contributed by atoms with Gasteiger partial charge < -0.3 is 5.32 Å². The summed E-state index contributed by atoms with van der Waals surface area (Å²) in [6.45, 7) is 2.21. The van der Waals surface area contributed by atoms with Crippen LogP contribution in [0.25, 0.3) is 0 Å². The normalized spacial score (nSPS) is 12.9. The van der Waals surface area contributed by atoms with E-state index in [-0.39, 0.29) is 0 Å². The predicted octanol–water partition coefficient (Wildman–Crippen LogP) is 4.64. The molecular formula is C13H16BrNS2. The van der Waals surface area contributed by atoms with E-state index in [9.17, 15) is 0 Å². The minimum atomic E-state index is 0.426. The van der Waals surface area contributed by atoms with Gasteiger partial charge in [0, 0.05) is 31.6 Å². The maximum atomic E-state index is 3.60. The molecule has 0 aliphatic heterocycles. The van der Waals surface area contributed by atoms with E-state index in [0.717, 1.165) is 12.8 Å². The van der Waals surface area contributed by atoms with E-state index < -0.39 is 0 Å². The minimum absolute atomic E-state index is 0.426. The fraction of sp³-hybridized carbons (Fsp3) is 0.385. The Hall–Kier alpha value is -0.160. The zero-order valence-corrected chi connectivity index (χ0v) is 13.2. The summed E-state index contributed by atoms with van der Waals surface area (Å²) in [5.41, 5.74) is 0. The molecule has 92 valence electrons. The van der Waals surface area contributed by atoms with Gasteiger partial charge in [-0.05, 0) is 53.0 Å². The van der Waals surface area contributed by atoms with Gasteiger partial charge in [-0.3, -0.25) is 0 Å². The molecule has 0 bridgehead atoms. The van der Waals surface area contributed by atoms with Crippen molar-refractivity contribution in [2.45, 2.75) is 25.8 Å². The molecule has 0 aromatic carbocycles. The summed E-state index contributed by atoms with van der Waals surface area (Å²) in [7, 11) is 2.04. The van der Waals surface area contributed by atoms with Crippen LogP contribution in [-0.2, 0) is 12.8 Å². The van der Waals surface area contributed by atoms with Gasteiger partial charge >= 0.3 is 0 Å². The topological polar surface area (TPSA) is 12.0 Å². The largest absolute Gasteiger partial charge is 0.312 e. The summed E-state index contributed by atoms with van der Waals surface area (Å²) in [5, 5.41) is 5.55. The highest BCUT2D eigenvalue weighted by atomic mass is 79.9. The van der Waals surface area contributed by atoms with E-state index in [1.165, 1.54) is 19.1 Å². The number of thiophene rings is 2. The quantitative estimate of drug-likeness (QED) is 0.842. The lowest BCUT2D eigenvalue weighted by atomic mass is 10.1. The van der Waals surface area contributed by atoms with E-state index in [1.54, 1.807) is 0 Å². The molecule has 1 unspecified atom stereocenters. The maximum Gasteiger partial charge on any atom is 0.0461 e. The van der Waals surface area contributed by atoms with E-state index in [0.29, 0.717) is 6.04 Å². The van der Waals surface area contributed by atoms with Crippen LogP contribution in [0.5, 0.6) is 0 Å². The first-order chi connectivity index (χ1) is 8.24. The Morgan fingerprint density at radius 3 is 2.71 bits per heavy atom. The van der Waals surface area contributed by atoms with E-state index in [4.69, 9.17) is 0 Å². The van der Waals surface area contributed by atoms with Crippen molar-refractivity contribution in [3.63, 3.8) is 0 Å². The third-order valence-corrected chi connectivity index (χ3v) is 6.10. The molecule has 0 fully saturated rings. The zero-order valence-electron chi connectivity index (χ0n) is 10.00. The number of aryl methyl sites for hydroxylation is 1. The van der Waals surface area contributed by atoms with Gasteiger partial charge in [-0.1, -0.05) is 6.92 Å². The molecule has 0 saturated heterocycles. The number of halogens is 1. The van der Waals surface area contributed by atoms with Gasteiger partial charge in [-0.2, -0.15) is 0 Å². The molecule has 1 nitrogen and oxygen atoms in total. The molecule has 0 radical (unpaired) electrons. The van der Waals surface area contributed by atoms with Crippen LogP contribution in [0.3, 0.4) is 0 Å². The van der Waals surface area contributed by atoms with Crippen LogP contribution in [0.2, 0.25) is 0 Å². The Balaban J connectivity index is 2.14. The first-order valence-electron chi connectivity index (χ1n) is 5.72. The Labute approximate surface area is 119 Å². The Bertz CT molecular complexity index is 475. The molecule has 2 aromatic rings. The van der Waals surface area contributed by atoms with Crippen LogP contribution in [0.1, 0.15) is 27.6 Å². The fourth-order valence-corrected chi connectivity index (χ4v) is 4.40. The summed E-state index contributed by atoms with van der Waals surface area (Å²) < 4.78 is 1.23. The first-order valence-corrected chi connectivity index (χ1v) is 8.21. The summed E-state index contributed by atoms with van der Waals surface area (Å²) >= 11 is 7.34. The maximum absolute atomic E-state index is 3.60. The Morgan fingerprint density at radius 2 is 2.18 bits per heavy atom. The highest BCUT2D eigenvalue weighted by molar-refractivity contribution is 9.10. The van der Waals surface area contributed by atoms with Crippen molar-refractivity contribution in [2.24, 2.45) is 0 Å². The number of nitrogens with one attached hydrogen (secondary N) is 1. The molecule has 0 aliphatic carbocycles. The lowest BCUT2D eigenvalue weighted by Crippen LogP contribution is -2.17. The minimum Gasteiger partial charge on any atom is -0.312 e. The van der Waals surface area contributed by atoms with Gasteiger partial charge in [0.15, 0.2) is 0 Å². The molecule has 0 spiro atoms. The van der Waals surface area contributed by atoms with Gasteiger partial charge in [-0.15, -0.1) is 22.7 Å². The molecular weight excluding hydrogens is 314 g/mol. The van der Waals surface area contributed by atoms with Crippen LogP contribution >= 0.6 is 38.6 Å². The smallest absolute Gasteiger partial charge is 0.0461 e. The number of hydrogen-bond donors (Lipinski definition) is 1. The molecule has 1 N–H and O–H groups in total. The van der Waals surface area contributed by atoms with Gasteiger partial charge in [0.2, 0.25) is 0 Å². The van der Waals surface area contributed by atoms with Gasteiger partial charge in [0.1, 0.15) is 0 Å². The summed E-state index contributed by atoms with van der Waals surface area (Å²) in [5.74, 6) is 0. The molecule has 0 amide bonds. The van der Waals surface area contributed by atoms with Crippen molar-refractivity contribution in [3.05, 3.63) is 42.7 Å².